The fraction of sp³-hybridized carbons (Fsp3) is 0.412. The molecule has 22 heavy (non-hydrogen) atoms. The van der Waals surface area contributed by atoms with Gasteiger partial charge >= 0.3 is 0 Å². The van der Waals surface area contributed by atoms with Crippen LogP contribution in [0.15, 0.2) is 30.9 Å². The molecule has 2 aliphatic rings. The van der Waals surface area contributed by atoms with Crippen LogP contribution in [0.5, 0.6) is 5.75 Å². The molecule has 4 rings (SSSR count). The summed E-state index contributed by atoms with van der Waals surface area (Å²) in [5.74, 6) is 5.68. The van der Waals surface area contributed by atoms with Crippen molar-refractivity contribution in [3.05, 3.63) is 42.2 Å². The first-order valence-corrected chi connectivity index (χ1v) is 8.90. The minimum absolute atomic E-state index is 0.506. The Balaban J connectivity index is 1.77. The Morgan fingerprint density at radius 2 is 2.32 bits per heavy atom. The van der Waals surface area contributed by atoms with Crippen LogP contribution in [-0.4, -0.2) is 32.9 Å². The largest absolute Gasteiger partial charge is 0.492 e. The number of para-hydroxylation sites is 1. The smallest absolute Gasteiger partial charge is 0.162 e. The van der Waals surface area contributed by atoms with Crippen LogP contribution >= 0.6 is 11.8 Å². The summed E-state index contributed by atoms with van der Waals surface area (Å²) >= 11 is 1.96. The summed E-state index contributed by atoms with van der Waals surface area (Å²) < 4.78 is 7.87. The number of fused-ring (bicyclic) bond motifs is 1. The predicted octanol–water partition coefficient (Wildman–Crippen LogP) is 3.29. The highest BCUT2D eigenvalue weighted by atomic mass is 32.2. The van der Waals surface area contributed by atoms with Crippen LogP contribution in [0, 0.1) is 0 Å². The molecule has 0 atom stereocenters. The maximum Gasteiger partial charge on any atom is 0.162 e. The van der Waals surface area contributed by atoms with E-state index in [1.54, 1.807) is 0 Å². The van der Waals surface area contributed by atoms with Crippen molar-refractivity contribution in [2.45, 2.75) is 25.3 Å². The van der Waals surface area contributed by atoms with Gasteiger partial charge in [-0.25, -0.2) is 9.67 Å². The average molecular weight is 313 g/mol. The molecule has 1 aromatic heterocycles. The Kier molecular flexibility index (Phi) is 3.66. The molecular weight excluding hydrogens is 294 g/mol. The number of hydrogen-bond donors (Lipinski definition) is 0. The number of benzene rings is 1. The van der Waals surface area contributed by atoms with Crippen molar-refractivity contribution >= 4 is 11.8 Å². The Bertz CT molecular complexity index is 706. The van der Waals surface area contributed by atoms with Crippen molar-refractivity contribution in [2.75, 3.05) is 18.1 Å². The third-order valence-corrected chi connectivity index (χ3v) is 5.47. The lowest BCUT2D eigenvalue weighted by atomic mass is 10.1. The minimum atomic E-state index is 0.506. The molecule has 4 nitrogen and oxygen atoms in total. The molecule has 0 amide bonds. The van der Waals surface area contributed by atoms with Crippen molar-refractivity contribution in [1.29, 1.82) is 0 Å². The van der Waals surface area contributed by atoms with Gasteiger partial charge < -0.3 is 4.74 Å². The molecule has 0 aliphatic carbocycles. The van der Waals surface area contributed by atoms with Crippen LogP contribution in [0.4, 0.5) is 0 Å². The van der Waals surface area contributed by atoms with E-state index >= 15 is 0 Å². The number of hydrogen-bond acceptors (Lipinski definition) is 4. The molecule has 5 heteroatoms. The summed E-state index contributed by atoms with van der Waals surface area (Å²) in [6.07, 6.45) is 3.80. The van der Waals surface area contributed by atoms with E-state index in [-0.39, 0.29) is 0 Å². The summed E-state index contributed by atoms with van der Waals surface area (Å²) in [6.45, 7) is 5.39. The quantitative estimate of drug-likeness (QED) is 0.794. The van der Waals surface area contributed by atoms with E-state index in [9.17, 15) is 0 Å². The van der Waals surface area contributed by atoms with E-state index in [1.165, 1.54) is 5.56 Å². The summed E-state index contributed by atoms with van der Waals surface area (Å²) in [7, 11) is 0. The Hall–Kier alpha value is -1.75. The number of allylic oxidation sites excluding steroid dienone is 1. The SMILES string of the molecule is C=CCCn1nc(C2CSC2)nc1-c1cccc2c1OCC2. The van der Waals surface area contributed by atoms with E-state index in [1.807, 2.05) is 22.5 Å². The monoisotopic (exact) mass is 313 g/mol. The molecule has 0 unspecified atom stereocenters. The zero-order chi connectivity index (χ0) is 14.9. The van der Waals surface area contributed by atoms with Gasteiger partial charge in [-0.1, -0.05) is 18.2 Å². The summed E-state index contributed by atoms with van der Waals surface area (Å²) in [6, 6.07) is 6.33. The fourth-order valence-corrected chi connectivity index (χ4v) is 3.65. The second kappa shape index (κ2) is 5.80. The van der Waals surface area contributed by atoms with E-state index < -0.39 is 0 Å². The molecule has 0 spiro atoms. The standard InChI is InChI=1S/C17H19N3OS/c1-2-3-8-20-17(18-16(19-20)13-10-22-11-13)14-6-4-5-12-7-9-21-15(12)14/h2,4-6,13H,1,3,7-11H2. The first-order valence-electron chi connectivity index (χ1n) is 7.75. The second-order valence-electron chi connectivity index (χ2n) is 5.72. The predicted molar refractivity (Wildman–Crippen MR) is 89.5 cm³/mol. The fourth-order valence-electron chi connectivity index (χ4n) is 2.88. The molecular formula is C17H19N3OS. The molecule has 3 heterocycles. The highest BCUT2D eigenvalue weighted by Crippen LogP contribution is 2.38. The van der Waals surface area contributed by atoms with E-state index in [4.69, 9.17) is 14.8 Å². The van der Waals surface area contributed by atoms with Gasteiger partial charge in [-0.15, -0.1) is 6.58 Å². The van der Waals surface area contributed by atoms with E-state index in [0.29, 0.717) is 5.92 Å². The molecule has 1 aromatic carbocycles. The van der Waals surface area contributed by atoms with Gasteiger partial charge in [-0.05, 0) is 18.1 Å². The van der Waals surface area contributed by atoms with Gasteiger partial charge in [0.2, 0.25) is 0 Å². The number of aryl methyl sites for hydroxylation is 1. The van der Waals surface area contributed by atoms with Crippen LogP contribution in [0.3, 0.4) is 0 Å². The number of ether oxygens (including phenoxy) is 1. The number of aromatic nitrogens is 3. The van der Waals surface area contributed by atoms with E-state index in [0.717, 1.165) is 60.5 Å². The van der Waals surface area contributed by atoms with Crippen molar-refractivity contribution < 1.29 is 4.74 Å². The third-order valence-electron chi connectivity index (χ3n) is 4.19. The number of nitrogens with zero attached hydrogens (tertiary/aromatic N) is 3. The van der Waals surface area contributed by atoms with Crippen LogP contribution in [0.1, 0.15) is 23.7 Å². The second-order valence-corrected chi connectivity index (χ2v) is 6.80. The Morgan fingerprint density at radius 1 is 1.41 bits per heavy atom. The first-order chi connectivity index (χ1) is 10.9. The minimum Gasteiger partial charge on any atom is -0.492 e. The van der Waals surface area contributed by atoms with Gasteiger partial charge in [0.25, 0.3) is 0 Å². The summed E-state index contributed by atoms with van der Waals surface area (Å²) in [5.41, 5.74) is 2.35. The highest BCUT2D eigenvalue weighted by molar-refractivity contribution is 8.00. The average Bonchev–Trinajstić information content (AvgIpc) is 3.09. The number of rotatable bonds is 5. The lowest BCUT2D eigenvalue weighted by molar-refractivity contribution is 0.357. The normalized spacial score (nSPS) is 16.9. The van der Waals surface area contributed by atoms with Crippen molar-refractivity contribution in [2.24, 2.45) is 0 Å². The molecule has 2 aliphatic heterocycles. The molecule has 0 bridgehead atoms. The zero-order valence-electron chi connectivity index (χ0n) is 12.5. The van der Waals surface area contributed by atoms with Gasteiger partial charge in [0.1, 0.15) is 5.75 Å². The molecule has 114 valence electrons. The van der Waals surface area contributed by atoms with Crippen LogP contribution in [-0.2, 0) is 13.0 Å². The van der Waals surface area contributed by atoms with Crippen LogP contribution in [0.25, 0.3) is 11.4 Å². The Labute approximate surface area is 134 Å². The number of thioether (sulfide) groups is 1. The molecule has 1 saturated heterocycles. The molecule has 0 saturated carbocycles. The highest BCUT2D eigenvalue weighted by Gasteiger charge is 2.27. The van der Waals surface area contributed by atoms with E-state index in [2.05, 4.69) is 24.8 Å². The third kappa shape index (κ3) is 2.33. The summed E-state index contributed by atoms with van der Waals surface area (Å²) in [4.78, 5) is 4.86. The first kappa shape index (κ1) is 13.9. The zero-order valence-corrected chi connectivity index (χ0v) is 13.3. The van der Waals surface area contributed by atoms with Crippen molar-refractivity contribution in [3.63, 3.8) is 0 Å². The van der Waals surface area contributed by atoms with Gasteiger partial charge in [0.05, 0.1) is 12.2 Å². The van der Waals surface area contributed by atoms with Crippen molar-refractivity contribution in [1.82, 2.24) is 14.8 Å². The van der Waals surface area contributed by atoms with Crippen LogP contribution < -0.4 is 4.74 Å². The topological polar surface area (TPSA) is 39.9 Å². The van der Waals surface area contributed by atoms with Crippen molar-refractivity contribution in [3.8, 4) is 17.1 Å². The lowest BCUT2D eigenvalue weighted by Crippen LogP contribution is -2.17. The summed E-state index contributed by atoms with van der Waals surface area (Å²) in [5, 5.41) is 4.76. The van der Waals surface area contributed by atoms with Gasteiger partial charge in [-0.3, -0.25) is 0 Å². The molecule has 0 N–H and O–H groups in total. The maximum absolute atomic E-state index is 5.85. The molecule has 0 radical (unpaired) electrons. The van der Waals surface area contributed by atoms with Gasteiger partial charge in [-0.2, -0.15) is 16.9 Å². The lowest BCUT2D eigenvalue weighted by Gasteiger charge is -2.21. The van der Waals surface area contributed by atoms with Gasteiger partial charge in [0.15, 0.2) is 11.6 Å². The molecule has 1 fully saturated rings. The van der Waals surface area contributed by atoms with Crippen LogP contribution in [0.2, 0.25) is 0 Å². The maximum atomic E-state index is 5.85. The molecule has 2 aromatic rings. The van der Waals surface area contributed by atoms with Gasteiger partial charge in [0, 0.05) is 30.4 Å². The Morgan fingerprint density at radius 3 is 3.09 bits per heavy atom.